The van der Waals surface area contributed by atoms with Gasteiger partial charge in [0, 0.05) is 17.2 Å². The van der Waals surface area contributed by atoms with Gasteiger partial charge in [-0.2, -0.15) is 0 Å². The molecule has 0 radical (unpaired) electrons. The Morgan fingerprint density at radius 1 is 1.03 bits per heavy atom. The summed E-state index contributed by atoms with van der Waals surface area (Å²) in [5, 5.41) is 11.3. The fraction of sp³-hybridized carbons (Fsp3) is 0.120. The molecular formula is C25H18Cl2N2O6S. The lowest BCUT2D eigenvalue weighted by atomic mass is 10.1. The van der Waals surface area contributed by atoms with Gasteiger partial charge in [0.15, 0.2) is 11.5 Å². The minimum atomic E-state index is -0.514. The van der Waals surface area contributed by atoms with Crippen LogP contribution >= 0.6 is 35.0 Å². The van der Waals surface area contributed by atoms with E-state index in [4.69, 9.17) is 32.7 Å². The minimum Gasteiger partial charge on any atom is -0.493 e. The van der Waals surface area contributed by atoms with Crippen LogP contribution in [0.25, 0.3) is 6.08 Å². The second kappa shape index (κ2) is 11.0. The Morgan fingerprint density at radius 3 is 2.33 bits per heavy atom. The molecular weight excluding hydrogens is 527 g/mol. The number of nitrogens with zero attached hydrogens (tertiary/aromatic N) is 2. The zero-order valence-electron chi connectivity index (χ0n) is 18.8. The Hall–Kier alpha value is -3.53. The summed E-state index contributed by atoms with van der Waals surface area (Å²) in [5.74, 6) is 0.242. The lowest BCUT2D eigenvalue weighted by Crippen LogP contribution is -2.27. The van der Waals surface area contributed by atoms with Crippen LogP contribution < -0.4 is 9.47 Å². The predicted octanol–water partition coefficient (Wildman–Crippen LogP) is 6.73. The molecule has 1 aliphatic heterocycles. The third kappa shape index (κ3) is 5.81. The van der Waals surface area contributed by atoms with Crippen molar-refractivity contribution in [3.8, 4) is 11.5 Å². The molecule has 2 amide bonds. The lowest BCUT2D eigenvalue weighted by Gasteiger charge is -2.14. The highest BCUT2D eigenvalue weighted by Crippen LogP contribution is 2.39. The summed E-state index contributed by atoms with van der Waals surface area (Å²) in [6, 6.07) is 16.2. The van der Waals surface area contributed by atoms with Gasteiger partial charge in [0.05, 0.1) is 28.5 Å². The topological polar surface area (TPSA) is 99.0 Å². The zero-order valence-corrected chi connectivity index (χ0v) is 21.1. The first kappa shape index (κ1) is 25.6. The fourth-order valence-corrected chi connectivity index (χ4v) is 4.63. The quantitative estimate of drug-likeness (QED) is 0.176. The van der Waals surface area contributed by atoms with Crippen molar-refractivity contribution in [2.75, 3.05) is 7.11 Å². The maximum Gasteiger partial charge on any atom is 0.293 e. The molecule has 8 nitrogen and oxygen atoms in total. The molecule has 11 heteroatoms. The number of carbonyl (C=O) groups excluding carboxylic acids is 2. The van der Waals surface area contributed by atoms with Gasteiger partial charge < -0.3 is 9.47 Å². The van der Waals surface area contributed by atoms with E-state index in [1.54, 1.807) is 30.3 Å². The molecule has 0 spiro atoms. The summed E-state index contributed by atoms with van der Waals surface area (Å²) >= 11 is 13.2. The highest BCUT2D eigenvalue weighted by Gasteiger charge is 2.35. The molecule has 184 valence electrons. The Balaban J connectivity index is 1.50. The Morgan fingerprint density at radius 2 is 1.69 bits per heavy atom. The van der Waals surface area contributed by atoms with Crippen LogP contribution in [0.4, 0.5) is 10.5 Å². The Bertz CT molecular complexity index is 1360. The fourth-order valence-electron chi connectivity index (χ4n) is 3.39. The number of hydrogen-bond donors (Lipinski definition) is 0. The predicted molar refractivity (Wildman–Crippen MR) is 138 cm³/mol. The molecule has 1 fully saturated rings. The van der Waals surface area contributed by atoms with Gasteiger partial charge in [0.2, 0.25) is 0 Å². The number of amides is 2. The minimum absolute atomic E-state index is 0.00154. The summed E-state index contributed by atoms with van der Waals surface area (Å²) in [6.45, 7) is 0.246. The van der Waals surface area contributed by atoms with Crippen molar-refractivity contribution in [2.45, 2.75) is 13.2 Å². The molecule has 1 heterocycles. The van der Waals surface area contributed by atoms with Gasteiger partial charge >= 0.3 is 0 Å². The number of non-ortho nitro benzene ring substituents is 1. The van der Waals surface area contributed by atoms with Gasteiger partial charge in [-0.15, -0.1) is 0 Å². The van der Waals surface area contributed by atoms with E-state index in [0.717, 1.165) is 22.2 Å². The number of thioether (sulfide) groups is 1. The van der Waals surface area contributed by atoms with E-state index in [2.05, 4.69) is 0 Å². The van der Waals surface area contributed by atoms with Crippen molar-refractivity contribution in [3.05, 3.63) is 102 Å². The molecule has 0 aliphatic carbocycles. The second-order valence-corrected chi connectivity index (χ2v) is 9.48. The van der Waals surface area contributed by atoms with Crippen molar-refractivity contribution < 1.29 is 24.0 Å². The number of halogens is 2. The number of methoxy groups -OCH3 is 1. The number of benzene rings is 3. The van der Waals surface area contributed by atoms with E-state index < -0.39 is 16.1 Å². The number of ether oxygens (including phenoxy) is 2. The molecule has 0 N–H and O–H groups in total. The van der Waals surface area contributed by atoms with Crippen molar-refractivity contribution in [1.82, 2.24) is 4.90 Å². The lowest BCUT2D eigenvalue weighted by molar-refractivity contribution is -0.384. The Labute approximate surface area is 220 Å². The standard InChI is InChI=1S/C25H18Cl2N2O6S/c1-34-21-11-17(10-20(27)23(21)35-14-16-2-6-18(26)7-3-16)12-22-24(30)28(25(31)36-22)13-15-4-8-19(9-5-15)29(32)33/h2-12H,13-14H2,1H3/b22-12-. The number of nitro groups is 1. The van der Waals surface area contributed by atoms with Gasteiger partial charge in [0.1, 0.15) is 6.61 Å². The van der Waals surface area contributed by atoms with Gasteiger partial charge in [-0.25, -0.2) is 0 Å². The second-order valence-electron chi connectivity index (χ2n) is 7.64. The van der Waals surface area contributed by atoms with Crippen molar-refractivity contribution in [2.24, 2.45) is 0 Å². The van der Waals surface area contributed by atoms with Crippen LogP contribution in [0.5, 0.6) is 11.5 Å². The van der Waals surface area contributed by atoms with Crippen LogP contribution in [0.1, 0.15) is 16.7 Å². The van der Waals surface area contributed by atoms with E-state index >= 15 is 0 Å². The molecule has 1 aliphatic rings. The Kier molecular flexibility index (Phi) is 7.83. The van der Waals surface area contributed by atoms with Crippen LogP contribution in [0.2, 0.25) is 10.0 Å². The van der Waals surface area contributed by atoms with E-state index in [1.165, 1.54) is 31.4 Å². The average Bonchev–Trinajstić information content (AvgIpc) is 3.11. The van der Waals surface area contributed by atoms with Gasteiger partial charge in [-0.1, -0.05) is 47.5 Å². The summed E-state index contributed by atoms with van der Waals surface area (Å²) in [7, 11) is 1.47. The van der Waals surface area contributed by atoms with Crippen LogP contribution in [-0.2, 0) is 17.9 Å². The third-order valence-electron chi connectivity index (χ3n) is 5.21. The van der Waals surface area contributed by atoms with Crippen LogP contribution in [-0.4, -0.2) is 28.1 Å². The summed E-state index contributed by atoms with van der Waals surface area (Å²) < 4.78 is 11.3. The largest absolute Gasteiger partial charge is 0.493 e. The van der Waals surface area contributed by atoms with E-state index in [0.29, 0.717) is 27.6 Å². The number of hydrogen-bond acceptors (Lipinski definition) is 7. The number of carbonyl (C=O) groups is 2. The molecule has 0 bridgehead atoms. The molecule has 4 rings (SSSR count). The van der Waals surface area contributed by atoms with Gasteiger partial charge in [-0.3, -0.25) is 24.6 Å². The number of rotatable bonds is 8. The van der Waals surface area contributed by atoms with Gasteiger partial charge in [0.25, 0.3) is 16.8 Å². The summed E-state index contributed by atoms with van der Waals surface area (Å²) in [6.07, 6.45) is 1.55. The van der Waals surface area contributed by atoms with E-state index in [1.807, 2.05) is 12.1 Å². The molecule has 3 aromatic rings. The third-order valence-corrected chi connectivity index (χ3v) is 6.65. The van der Waals surface area contributed by atoms with Crippen molar-refractivity contribution in [1.29, 1.82) is 0 Å². The highest BCUT2D eigenvalue weighted by atomic mass is 35.5. The van der Waals surface area contributed by atoms with Crippen LogP contribution in [0.15, 0.2) is 65.6 Å². The van der Waals surface area contributed by atoms with Crippen molar-refractivity contribution >= 4 is 57.9 Å². The van der Waals surface area contributed by atoms with Gasteiger partial charge in [-0.05, 0) is 58.8 Å². The SMILES string of the molecule is COc1cc(/C=C2\SC(=O)N(Cc3ccc([N+](=O)[O-])cc3)C2=O)cc(Cl)c1OCc1ccc(Cl)cc1. The zero-order chi connectivity index (χ0) is 25.8. The first-order chi connectivity index (χ1) is 17.2. The summed E-state index contributed by atoms with van der Waals surface area (Å²) in [5.41, 5.74) is 1.97. The normalized spacial score (nSPS) is 14.4. The molecule has 0 saturated carbocycles. The van der Waals surface area contributed by atoms with Crippen LogP contribution in [0.3, 0.4) is 0 Å². The molecule has 0 unspecified atom stereocenters. The maximum absolute atomic E-state index is 12.9. The van der Waals surface area contributed by atoms with Crippen molar-refractivity contribution in [3.63, 3.8) is 0 Å². The maximum atomic E-state index is 12.9. The first-order valence-corrected chi connectivity index (χ1v) is 12.1. The van der Waals surface area contributed by atoms with E-state index in [-0.39, 0.29) is 28.8 Å². The first-order valence-electron chi connectivity index (χ1n) is 10.5. The van der Waals surface area contributed by atoms with E-state index in [9.17, 15) is 19.7 Å². The summed E-state index contributed by atoms with van der Waals surface area (Å²) in [4.78, 5) is 37.0. The number of nitro benzene ring substituents is 1. The highest BCUT2D eigenvalue weighted by molar-refractivity contribution is 8.18. The molecule has 1 saturated heterocycles. The monoisotopic (exact) mass is 544 g/mol. The average molecular weight is 545 g/mol. The smallest absolute Gasteiger partial charge is 0.293 e. The molecule has 0 aromatic heterocycles. The molecule has 3 aromatic carbocycles. The van der Waals surface area contributed by atoms with Crippen LogP contribution in [0, 0.1) is 10.1 Å². The number of imide groups is 1. The molecule has 36 heavy (non-hydrogen) atoms. The molecule has 0 atom stereocenters.